The molecule has 2 aromatic carbocycles. The lowest BCUT2D eigenvalue weighted by molar-refractivity contribution is -0.113. The predicted molar refractivity (Wildman–Crippen MR) is 144 cm³/mol. The number of thioether (sulfide) groups is 1. The zero-order valence-corrected chi connectivity index (χ0v) is 22.2. The molecule has 0 saturated heterocycles. The molecule has 8 nitrogen and oxygen atoms in total. The van der Waals surface area contributed by atoms with Gasteiger partial charge in [0.05, 0.1) is 18.9 Å². The van der Waals surface area contributed by atoms with E-state index in [-0.39, 0.29) is 29.5 Å². The summed E-state index contributed by atoms with van der Waals surface area (Å²) in [6.07, 6.45) is 1.75. The maximum atomic E-state index is 13.0. The van der Waals surface area contributed by atoms with E-state index in [9.17, 15) is 9.59 Å². The summed E-state index contributed by atoms with van der Waals surface area (Å²) < 4.78 is 7.06. The Hall–Kier alpha value is -3.59. The molecule has 0 aliphatic rings. The quantitative estimate of drug-likeness (QED) is 0.282. The third kappa shape index (κ3) is 6.75. The van der Waals surface area contributed by atoms with Gasteiger partial charge in [-0.25, -0.2) is 0 Å². The minimum Gasteiger partial charge on any atom is -0.497 e. The summed E-state index contributed by atoms with van der Waals surface area (Å²) in [7, 11) is 1.58. The normalized spacial score (nSPS) is 11.7. The van der Waals surface area contributed by atoms with E-state index in [0.29, 0.717) is 28.8 Å². The summed E-state index contributed by atoms with van der Waals surface area (Å²) in [5.41, 5.74) is 3.41. The van der Waals surface area contributed by atoms with E-state index < -0.39 is 0 Å². The number of rotatable bonds is 11. The van der Waals surface area contributed by atoms with Crippen LogP contribution in [0, 0.1) is 19.8 Å². The first-order valence-corrected chi connectivity index (χ1v) is 12.7. The van der Waals surface area contributed by atoms with Gasteiger partial charge in [-0.2, -0.15) is 0 Å². The van der Waals surface area contributed by atoms with E-state index in [1.807, 2.05) is 50.5 Å². The average Bonchev–Trinajstić information content (AvgIpc) is 3.25. The van der Waals surface area contributed by atoms with Gasteiger partial charge in [0.25, 0.3) is 5.91 Å². The van der Waals surface area contributed by atoms with E-state index in [4.69, 9.17) is 4.74 Å². The Morgan fingerprint density at radius 3 is 2.50 bits per heavy atom. The van der Waals surface area contributed by atoms with E-state index in [0.717, 1.165) is 16.8 Å². The van der Waals surface area contributed by atoms with Crippen molar-refractivity contribution in [2.24, 2.45) is 5.92 Å². The first-order valence-electron chi connectivity index (χ1n) is 11.7. The van der Waals surface area contributed by atoms with Gasteiger partial charge in [-0.05, 0) is 61.2 Å². The van der Waals surface area contributed by atoms with E-state index in [2.05, 4.69) is 27.4 Å². The molecule has 0 radical (unpaired) electrons. The minimum absolute atomic E-state index is 0.0467. The Morgan fingerprint density at radius 1 is 1.14 bits per heavy atom. The molecular weight excluding hydrogens is 474 g/mol. The largest absolute Gasteiger partial charge is 0.497 e. The van der Waals surface area contributed by atoms with Gasteiger partial charge in [-0.3, -0.25) is 9.59 Å². The molecule has 0 saturated carbocycles. The maximum Gasteiger partial charge on any atom is 0.251 e. The van der Waals surface area contributed by atoms with Gasteiger partial charge in [0.1, 0.15) is 5.75 Å². The number of carbonyl (C=O) groups is 2. The van der Waals surface area contributed by atoms with Crippen molar-refractivity contribution in [1.29, 1.82) is 0 Å². The molecule has 190 valence electrons. The first-order chi connectivity index (χ1) is 17.2. The highest BCUT2D eigenvalue weighted by Gasteiger charge is 2.26. The van der Waals surface area contributed by atoms with Gasteiger partial charge in [-0.1, -0.05) is 43.8 Å². The van der Waals surface area contributed by atoms with E-state index in [1.165, 1.54) is 11.8 Å². The molecule has 2 N–H and O–H groups in total. The van der Waals surface area contributed by atoms with Crippen molar-refractivity contribution in [3.05, 3.63) is 77.6 Å². The Kier molecular flexibility index (Phi) is 9.30. The molecule has 0 aliphatic carbocycles. The molecule has 2 amide bonds. The van der Waals surface area contributed by atoms with Crippen LogP contribution < -0.4 is 15.4 Å². The zero-order chi connectivity index (χ0) is 26.2. The van der Waals surface area contributed by atoms with Gasteiger partial charge >= 0.3 is 0 Å². The maximum absolute atomic E-state index is 13.0. The number of aromatic nitrogens is 3. The number of benzene rings is 2. The highest BCUT2D eigenvalue weighted by molar-refractivity contribution is 7.99. The molecule has 1 heterocycles. The summed E-state index contributed by atoms with van der Waals surface area (Å²) in [4.78, 5) is 25.6. The smallest absolute Gasteiger partial charge is 0.251 e. The van der Waals surface area contributed by atoms with E-state index in [1.54, 1.807) is 37.5 Å². The van der Waals surface area contributed by atoms with Crippen molar-refractivity contribution in [1.82, 2.24) is 20.1 Å². The van der Waals surface area contributed by atoms with Crippen LogP contribution in [0.4, 0.5) is 5.69 Å². The highest BCUT2D eigenvalue weighted by atomic mass is 32.2. The van der Waals surface area contributed by atoms with Crippen LogP contribution in [0.3, 0.4) is 0 Å². The summed E-state index contributed by atoms with van der Waals surface area (Å²) in [6, 6.07) is 12.5. The topological polar surface area (TPSA) is 98.1 Å². The van der Waals surface area contributed by atoms with Crippen LogP contribution in [0.15, 0.2) is 60.3 Å². The van der Waals surface area contributed by atoms with Crippen LogP contribution in [0.25, 0.3) is 0 Å². The van der Waals surface area contributed by atoms with Gasteiger partial charge in [0, 0.05) is 17.8 Å². The molecule has 36 heavy (non-hydrogen) atoms. The number of carbonyl (C=O) groups excluding carboxylic acids is 2. The monoisotopic (exact) mass is 507 g/mol. The molecule has 9 heteroatoms. The predicted octanol–water partition coefficient (Wildman–Crippen LogP) is 4.95. The number of ether oxygens (including phenoxy) is 1. The van der Waals surface area contributed by atoms with Crippen LogP contribution in [0.2, 0.25) is 0 Å². The molecule has 0 fully saturated rings. The van der Waals surface area contributed by atoms with Gasteiger partial charge < -0.3 is 19.9 Å². The molecule has 3 rings (SSSR count). The molecule has 1 aromatic heterocycles. The molecule has 0 spiro atoms. The van der Waals surface area contributed by atoms with Crippen molar-refractivity contribution in [2.75, 3.05) is 18.2 Å². The lowest BCUT2D eigenvalue weighted by Gasteiger charge is -2.22. The second-order valence-electron chi connectivity index (χ2n) is 8.82. The molecular formula is C27H33N5O3S. The van der Waals surface area contributed by atoms with Crippen LogP contribution in [0.1, 0.15) is 47.2 Å². The summed E-state index contributed by atoms with van der Waals surface area (Å²) in [5, 5.41) is 15.4. The lowest BCUT2D eigenvalue weighted by atomic mass is 10.0. The minimum atomic E-state index is -0.384. The summed E-state index contributed by atoms with van der Waals surface area (Å²) >= 11 is 1.30. The lowest BCUT2D eigenvalue weighted by Crippen LogP contribution is -2.33. The third-order valence-corrected chi connectivity index (χ3v) is 6.61. The SMILES string of the molecule is C=CCn1c(SCC(=O)Nc2cc(C)ccc2C)nnc1C(NC(=O)c1ccc(OC)cc1)C(C)C. The molecule has 3 aromatic rings. The summed E-state index contributed by atoms with van der Waals surface area (Å²) in [5.74, 6) is 1.17. The van der Waals surface area contributed by atoms with Crippen molar-refractivity contribution < 1.29 is 14.3 Å². The number of aryl methyl sites for hydroxylation is 2. The van der Waals surface area contributed by atoms with Gasteiger partial charge in [0.2, 0.25) is 5.91 Å². The first kappa shape index (κ1) is 27.0. The molecule has 0 aliphatic heterocycles. The van der Waals surface area contributed by atoms with Crippen LogP contribution >= 0.6 is 11.8 Å². The van der Waals surface area contributed by atoms with Crippen molar-refractivity contribution in [2.45, 2.75) is 45.4 Å². The Balaban J connectivity index is 1.75. The number of anilines is 1. The zero-order valence-electron chi connectivity index (χ0n) is 21.4. The van der Waals surface area contributed by atoms with Crippen LogP contribution in [0.5, 0.6) is 5.75 Å². The number of amides is 2. The Morgan fingerprint density at radius 2 is 1.86 bits per heavy atom. The average molecular weight is 508 g/mol. The second kappa shape index (κ2) is 12.4. The van der Waals surface area contributed by atoms with Crippen molar-refractivity contribution in [3.8, 4) is 5.75 Å². The number of nitrogens with zero attached hydrogens (tertiary/aromatic N) is 3. The van der Waals surface area contributed by atoms with Crippen LogP contribution in [-0.4, -0.2) is 39.4 Å². The highest BCUT2D eigenvalue weighted by Crippen LogP contribution is 2.26. The van der Waals surface area contributed by atoms with Gasteiger partial charge in [0.15, 0.2) is 11.0 Å². The second-order valence-corrected chi connectivity index (χ2v) is 9.76. The van der Waals surface area contributed by atoms with Crippen molar-refractivity contribution >= 4 is 29.3 Å². The van der Waals surface area contributed by atoms with Crippen LogP contribution in [-0.2, 0) is 11.3 Å². The standard InChI is InChI=1S/C27H33N5O3S/c1-7-14-32-25(24(17(2)3)29-26(34)20-10-12-21(35-6)13-11-20)30-31-27(32)36-16-23(33)28-22-15-18(4)8-9-19(22)5/h7-13,15,17,24H,1,14,16H2,2-6H3,(H,28,33)(H,29,34). The summed E-state index contributed by atoms with van der Waals surface area (Å²) in [6.45, 7) is 12.3. The Labute approximate surface area is 216 Å². The van der Waals surface area contributed by atoms with E-state index >= 15 is 0 Å². The Bertz CT molecular complexity index is 1220. The molecule has 0 bridgehead atoms. The third-order valence-electron chi connectivity index (χ3n) is 5.64. The fraction of sp³-hybridized carbons (Fsp3) is 0.333. The molecule has 1 unspecified atom stereocenters. The van der Waals surface area contributed by atoms with Crippen molar-refractivity contribution in [3.63, 3.8) is 0 Å². The number of hydrogen-bond acceptors (Lipinski definition) is 6. The number of methoxy groups -OCH3 is 1. The molecule has 1 atom stereocenters. The fourth-order valence-corrected chi connectivity index (χ4v) is 4.38. The number of hydrogen-bond donors (Lipinski definition) is 2. The van der Waals surface area contributed by atoms with Gasteiger partial charge in [-0.15, -0.1) is 16.8 Å². The fourth-order valence-electron chi connectivity index (χ4n) is 3.62. The number of nitrogens with one attached hydrogen (secondary N) is 2. The number of allylic oxidation sites excluding steroid dienone is 1.